The number of ether oxygens (including phenoxy) is 1. The normalized spacial score (nSPS) is 23.6. The molecule has 0 saturated carbocycles. The van der Waals surface area contributed by atoms with Gasteiger partial charge in [0.15, 0.2) is 0 Å². The molecule has 1 aliphatic heterocycles. The largest absolute Gasteiger partial charge is 0.494 e. The Morgan fingerprint density at radius 1 is 1.35 bits per heavy atom. The third-order valence-corrected chi connectivity index (χ3v) is 4.25. The molecule has 17 heavy (non-hydrogen) atoms. The maximum atomic E-state index is 5.57. The highest BCUT2D eigenvalue weighted by molar-refractivity contribution is 8.00. The molecule has 1 aromatic rings. The van der Waals surface area contributed by atoms with Gasteiger partial charge in [0.2, 0.25) is 0 Å². The van der Waals surface area contributed by atoms with Crippen molar-refractivity contribution in [3.8, 4) is 5.75 Å². The molecule has 1 aliphatic rings. The van der Waals surface area contributed by atoms with E-state index in [0.29, 0.717) is 6.04 Å². The van der Waals surface area contributed by atoms with Crippen LogP contribution in [0.5, 0.6) is 5.75 Å². The highest BCUT2D eigenvalue weighted by Gasteiger charge is 2.21. The summed E-state index contributed by atoms with van der Waals surface area (Å²) in [6.07, 6.45) is 2.32. The SMILES string of the molecule is CCCOc1ccc(NC2CSC(C)C2)cc1. The van der Waals surface area contributed by atoms with Gasteiger partial charge in [-0.15, -0.1) is 0 Å². The van der Waals surface area contributed by atoms with E-state index in [9.17, 15) is 0 Å². The summed E-state index contributed by atoms with van der Waals surface area (Å²) in [5.74, 6) is 2.18. The molecule has 0 radical (unpaired) electrons. The Balaban J connectivity index is 1.85. The molecule has 0 aromatic heterocycles. The molecule has 1 aromatic carbocycles. The minimum absolute atomic E-state index is 0.623. The molecule has 2 nitrogen and oxygen atoms in total. The van der Waals surface area contributed by atoms with Crippen LogP contribution in [0.4, 0.5) is 5.69 Å². The second-order valence-corrected chi connectivity index (χ2v) is 6.07. The summed E-state index contributed by atoms with van der Waals surface area (Å²) >= 11 is 2.05. The Morgan fingerprint density at radius 2 is 2.12 bits per heavy atom. The van der Waals surface area contributed by atoms with Crippen LogP contribution in [-0.4, -0.2) is 23.7 Å². The number of anilines is 1. The molecular weight excluding hydrogens is 230 g/mol. The van der Waals surface area contributed by atoms with E-state index >= 15 is 0 Å². The molecule has 2 unspecified atom stereocenters. The molecule has 0 aliphatic carbocycles. The summed E-state index contributed by atoms with van der Waals surface area (Å²) in [5.41, 5.74) is 1.20. The molecule has 94 valence electrons. The summed E-state index contributed by atoms with van der Waals surface area (Å²) in [4.78, 5) is 0. The summed E-state index contributed by atoms with van der Waals surface area (Å²) in [7, 11) is 0. The van der Waals surface area contributed by atoms with Gasteiger partial charge < -0.3 is 10.1 Å². The highest BCUT2D eigenvalue weighted by atomic mass is 32.2. The van der Waals surface area contributed by atoms with Crippen LogP contribution in [0.15, 0.2) is 24.3 Å². The molecule has 1 saturated heterocycles. The first-order chi connectivity index (χ1) is 8.28. The molecule has 2 rings (SSSR count). The van der Waals surface area contributed by atoms with Gasteiger partial charge in [-0.1, -0.05) is 13.8 Å². The van der Waals surface area contributed by atoms with Crippen molar-refractivity contribution < 1.29 is 4.74 Å². The lowest BCUT2D eigenvalue weighted by atomic mass is 10.2. The average Bonchev–Trinajstić information content (AvgIpc) is 2.74. The van der Waals surface area contributed by atoms with E-state index in [4.69, 9.17) is 4.74 Å². The molecule has 0 amide bonds. The van der Waals surface area contributed by atoms with Gasteiger partial charge in [0.25, 0.3) is 0 Å². The van der Waals surface area contributed by atoms with Gasteiger partial charge in [0, 0.05) is 22.7 Å². The third kappa shape index (κ3) is 3.84. The Morgan fingerprint density at radius 3 is 2.71 bits per heavy atom. The van der Waals surface area contributed by atoms with Gasteiger partial charge in [0.05, 0.1) is 6.61 Å². The number of hydrogen-bond acceptors (Lipinski definition) is 3. The zero-order valence-corrected chi connectivity index (χ0v) is 11.4. The maximum absolute atomic E-state index is 5.57. The Labute approximate surface area is 108 Å². The molecule has 1 N–H and O–H groups in total. The smallest absolute Gasteiger partial charge is 0.119 e. The van der Waals surface area contributed by atoms with E-state index in [1.54, 1.807) is 0 Å². The Hall–Kier alpha value is -0.830. The van der Waals surface area contributed by atoms with Crippen LogP contribution in [0.1, 0.15) is 26.7 Å². The summed E-state index contributed by atoms with van der Waals surface area (Å²) in [6.45, 7) is 5.21. The summed E-state index contributed by atoms with van der Waals surface area (Å²) < 4.78 is 5.57. The fraction of sp³-hybridized carbons (Fsp3) is 0.571. The quantitative estimate of drug-likeness (QED) is 0.860. The van der Waals surface area contributed by atoms with Crippen LogP contribution in [0.25, 0.3) is 0 Å². The average molecular weight is 251 g/mol. The van der Waals surface area contributed by atoms with Gasteiger partial charge in [-0.25, -0.2) is 0 Å². The first-order valence-corrected chi connectivity index (χ1v) is 7.44. The van der Waals surface area contributed by atoms with Crippen molar-refractivity contribution in [3.63, 3.8) is 0 Å². The zero-order valence-electron chi connectivity index (χ0n) is 10.6. The molecule has 2 atom stereocenters. The first-order valence-electron chi connectivity index (χ1n) is 6.39. The second-order valence-electron chi connectivity index (χ2n) is 4.59. The Bertz CT molecular complexity index is 339. The second kappa shape index (κ2) is 6.20. The number of hydrogen-bond donors (Lipinski definition) is 1. The van der Waals surface area contributed by atoms with Gasteiger partial charge >= 0.3 is 0 Å². The topological polar surface area (TPSA) is 21.3 Å². The maximum Gasteiger partial charge on any atom is 0.119 e. The van der Waals surface area contributed by atoms with E-state index < -0.39 is 0 Å². The zero-order chi connectivity index (χ0) is 12.1. The summed E-state index contributed by atoms with van der Waals surface area (Å²) in [6, 6.07) is 8.93. The molecule has 3 heteroatoms. The van der Waals surface area contributed by atoms with Crippen LogP contribution < -0.4 is 10.1 Å². The first kappa shape index (κ1) is 12.6. The van der Waals surface area contributed by atoms with Crippen molar-refractivity contribution in [1.29, 1.82) is 0 Å². The van der Waals surface area contributed by atoms with E-state index in [-0.39, 0.29) is 0 Å². The van der Waals surface area contributed by atoms with Crippen molar-refractivity contribution in [2.75, 3.05) is 17.7 Å². The van der Waals surface area contributed by atoms with Crippen molar-refractivity contribution in [1.82, 2.24) is 0 Å². The lowest BCUT2D eigenvalue weighted by Gasteiger charge is -2.13. The van der Waals surface area contributed by atoms with Crippen molar-refractivity contribution >= 4 is 17.4 Å². The summed E-state index contributed by atoms with van der Waals surface area (Å²) in [5, 5.41) is 4.37. The lowest BCUT2D eigenvalue weighted by molar-refractivity contribution is 0.317. The van der Waals surface area contributed by atoms with Crippen LogP contribution in [-0.2, 0) is 0 Å². The minimum Gasteiger partial charge on any atom is -0.494 e. The van der Waals surface area contributed by atoms with E-state index in [1.807, 2.05) is 12.1 Å². The van der Waals surface area contributed by atoms with Gasteiger partial charge in [-0.2, -0.15) is 11.8 Å². The minimum atomic E-state index is 0.623. The van der Waals surface area contributed by atoms with Gasteiger partial charge in [0.1, 0.15) is 5.75 Å². The number of thioether (sulfide) groups is 1. The van der Waals surface area contributed by atoms with Crippen molar-refractivity contribution in [2.24, 2.45) is 0 Å². The lowest BCUT2D eigenvalue weighted by Crippen LogP contribution is -2.18. The van der Waals surface area contributed by atoms with Gasteiger partial charge in [-0.3, -0.25) is 0 Å². The number of benzene rings is 1. The fourth-order valence-corrected chi connectivity index (χ4v) is 3.17. The fourth-order valence-electron chi connectivity index (χ4n) is 2.02. The molecule has 1 fully saturated rings. The third-order valence-electron chi connectivity index (χ3n) is 2.90. The van der Waals surface area contributed by atoms with Crippen molar-refractivity contribution in [2.45, 2.75) is 38.0 Å². The highest BCUT2D eigenvalue weighted by Crippen LogP contribution is 2.28. The number of rotatable bonds is 5. The standard InChI is InChI=1S/C14H21NOS/c1-3-8-16-14-6-4-12(5-7-14)15-13-9-11(2)17-10-13/h4-7,11,13,15H,3,8-10H2,1-2H3. The monoisotopic (exact) mass is 251 g/mol. The Kier molecular flexibility index (Phi) is 4.60. The van der Waals surface area contributed by atoms with Gasteiger partial charge in [-0.05, 0) is 37.1 Å². The van der Waals surface area contributed by atoms with Crippen LogP contribution in [0.2, 0.25) is 0 Å². The number of nitrogens with one attached hydrogen (secondary N) is 1. The van der Waals surface area contributed by atoms with Crippen LogP contribution in [0.3, 0.4) is 0 Å². The van der Waals surface area contributed by atoms with Crippen molar-refractivity contribution in [3.05, 3.63) is 24.3 Å². The van der Waals surface area contributed by atoms with E-state index in [0.717, 1.165) is 24.0 Å². The van der Waals surface area contributed by atoms with Crippen LogP contribution in [0, 0.1) is 0 Å². The molecule has 0 spiro atoms. The molecule has 0 bridgehead atoms. The molecule has 1 heterocycles. The van der Waals surface area contributed by atoms with E-state index in [2.05, 4.69) is 43.1 Å². The predicted molar refractivity (Wildman–Crippen MR) is 76.2 cm³/mol. The van der Waals surface area contributed by atoms with Crippen LogP contribution >= 0.6 is 11.8 Å². The molecular formula is C14H21NOS. The van der Waals surface area contributed by atoms with E-state index in [1.165, 1.54) is 17.9 Å². The predicted octanol–water partition coefficient (Wildman–Crippen LogP) is 3.78.